The highest BCUT2D eigenvalue weighted by Crippen LogP contribution is 2.18. The lowest BCUT2D eigenvalue weighted by molar-refractivity contribution is -0.129. The first-order valence-electron chi connectivity index (χ1n) is 15.6. The van der Waals surface area contributed by atoms with Crippen molar-refractivity contribution in [3.63, 3.8) is 0 Å². The Bertz CT molecular complexity index is 660. The maximum Gasteiger partial charge on any atom is 0.295 e. The van der Waals surface area contributed by atoms with E-state index in [9.17, 15) is 4.79 Å². The van der Waals surface area contributed by atoms with Crippen LogP contribution in [0.15, 0.2) is 23.9 Å². The molecule has 0 N–H and O–H groups in total. The number of amides is 1. The van der Waals surface area contributed by atoms with Gasteiger partial charge in [-0.3, -0.25) is 4.79 Å². The van der Waals surface area contributed by atoms with Crippen LogP contribution in [0.4, 0.5) is 0 Å². The Balaban J connectivity index is 2.17. The summed E-state index contributed by atoms with van der Waals surface area (Å²) < 4.78 is 0. The standard InChI is InChI=1S/C32H57N3O/c1-3-5-7-9-11-12-13-14-15-16-17-18-19-20-22-24-32(36)35(29-23-21-10-8-6-4-2)31-27-25-30(34-33)26-28-31/h25,27-28H,3-24,26,29H2,1-2H3. The number of hydrogen-bond acceptors (Lipinski definition) is 1. The minimum atomic E-state index is 0.249. The van der Waals surface area contributed by atoms with E-state index in [4.69, 9.17) is 5.53 Å². The van der Waals surface area contributed by atoms with Crippen molar-refractivity contribution in [1.82, 2.24) is 4.90 Å². The first-order valence-corrected chi connectivity index (χ1v) is 15.6. The van der Waals surface area contributed by atoms with Crippen LogP contribution in [0, 0.1) is 0 Å². The van der Waals surface area contributed by atoms with E-state index in [1.165, 1.54) is 116 Å². The zero-order valence-corrected chi connectivity index (χ0v) is 24.0. The fourth-order valence-corrected chi connectivity index (χ4v) is 5.03. The normalized spacial score (nSPS) is 13.1. The van der Waals surface area contributed by atoms with Crippen LogP contribution < -0.4 is 0 Å². The smallest absolute Gasteiger partial charge is 0.295 e. The van der Waals surface area contributed by atoms with Crippen molar-refractivity contribution in [2.24, 2.45) is 0 Å². The molecule has 4 nitrogen and oxygen atoms in total. The zero-order valence-electron chi connectivity index (χ0n) is 24.0. The highest BCUT2D eigenvalue weighted by atomic mass is 16.2. The summed E-state index contributed by atoms with van der Waals surface area (Å²) in [7, 11) is 0. The van der Waals surface area contributed by atoms with E-state index >= 15 is 0 Å². The molecule has 0 atom stereocenters. The van der Waals surface area contributed by atoms with Crippen LogP contribution in [0.3, 0.4) is 0 Å². The summed E-state index contributed by atoms with van der Waals surface area (Å²) in [5.74, 6) is 0.249. The summed E-state index contributed by atoms with van der Waals surface area (Å²) in [4.78, 5) is 18.3. The summed E-state index contributed by atoms with van der Waals surface area (Å²) in [6, 6.07) is 0. The van der Waals surface area contributed by atoms with Gasteiger partial charge in [0.1, 0.15) is 0 Å². The maximum absolute atomic E-state index is 13.1. The van der Waals surface area contributed by atoms with E-state index in [1.54, 1.807) is 0 Å². The summed E-state index contributed by atoms with van der Waals surface area (Å²) in [5, 5.41) is 0. The Morgan fingerprint density at radius 1 is 0.694 bits per heavy atom. The van der Waals surface area contributed by atoms with Crippen LogP contribution in [0.5, 0.6) is 0 Å². The van der Waals surface area contributed by atoms with Crippen molar-refractivity contribution in [2.45, 2.75) is 162 Å². The van der Waals surface area contributed by atoms with Crippen molar-refractivity contribution in [2.75, 3.05) is 6.54 Å². The van der Waals surface area contributed by atoms with Gasteiger partial charge in [-0.05, 0) is 25.0 Å². The largest absolute Gasteiger partial charge is 0.361 e. The van der Waals surface area contributed by atoms with E-state index in [0.29, 0.717) is 18.6 Å². The molecule has 0 aromatic heterocycles. The van der Waals surface area contributed by atoms with E-state index < -0.39 is 0 Å². The number of hydrogen-bond donors (Lipinski definition) is 0. The molecule has 0 radical (unpaired) electrons. The minimum Gasteiger partial charge on any atom is -0.361 e. The number of allylic oxidation sites excluding steroid dienone is 3. The molecule has 0 bridgehead atoms. The van der Waals surface area contributed by atoms with Gasteiger partial charge in [-0.25, -0.2) is 0 Å². The molecule has 0 spiro atoms. The molecule has 36 heavy (non-hydrogen) atoms. The van der Waals surface area contributed by atoms with Gasteiger partial charge >= 0.3 is 0 Å². The molecule has 0 saturated carbocycles. The fourth-order valence-electron chi connectivity index (χ4n) is 5.03. The van der Waals surface area contributed by atoms with Gasteiger partial charge in [0.15, 0.2) is 0 Å². The summed E-state index contributed by atoms with van der Waals surface area (Å²) in [5.41, 5.74) is 10.6. The number of rotatable bonds is 24. The predicted octanol–water partition coefficient (Wildman–Crippen LogP) is 9.95. The lowest BCUT2D eigenvalue weighted by Gasteiger charge is -2.25. The van der Waals surface area contributed by atoms with Gasteiger partial charge in [0.25, 0.3) is 5.71 Å². The molecule has 1 aliphatic rings. The zero-order chi connectivity index (χ0) is 26.1. The van der Waals surface area contributed by atoms with Crippen molar-refractivity contribution in [3.8, 4) is 0 Å². The molecule has 1 aliphatic carbocycles. The van der Waals surface area contributed by atoms with E-state index in [-0.39, 0.29) is 5.91 Å². The number of carbonyl (C=O) groups excluding carboxylic acids is 1. The molecular formula is C32H57N3O. The second-order valence-electron chi connectivity index (χ2n) is 10.8. The van der Waals surface area contributed by atoms with Gasteiger partial charge < -0.3 is 10.4 Å². The topological polar surface area (TPSA) is 56.7 Å². The van der Waals surface area contributed by atoms with Crippen molar-refractivity contribution >= 4 is 11.6 Å². The van der Waals surface area contributed by atoms with Gasteiger partial charge in [-0.2, -0.15) is 4.79 Å². The van der Waals surface area contributed by atoms with Crippen LogP contribution in [0.2, 0.25) is 0 Å². The number of nitrogens with zero attached hydrogens (tertiary/aromatic N) is 3. The Labute approximate surface area is 223 Å². The first-order chi connectivity index (χ1) is 17.7. The Morgan fingerprint density at radius 2 is 1.14 bits per heavy atom. The average molecular weight is 500 g/mol. The molecular weight excluding hydrogens is 442 g/mol. The van der Waals surface area contributed by atoms with Crippen LogP contribution in [0.25, 0.3) is 5.53 Å². The van der Waals surface area contributed by atoms with E-state index in [1.807, 2.05) is 23.1 Å². The van der Waals surface area contributed by atoms with Gasteiger partial charge in [-0.15, -0.1) is 0 Å². The molecule has 0 unspecified atom stereocenters. The highest BCUT2D eigenvalue weighted by molar-refractivity contribution is 5.93. The predicted molar refractivity (Wildman–Crippen MR) is 155 cm³/mol. The molecule has 0 heterocycles. The monoisotopic (exact) mass is 499 g/mol. The molecule has 1 amide bonds. The molecule has 0 aromatic carbocycles. The molecule has 0 saturated heterocycles. The van der Waals surface area contributed by atoms with Gasteiger partial charge in [0.05, 0.1) is 6.42 Å². The van der Waals surface area contributed by atoms with Crippen LogP contribution in [-0.4, -0.2) is 27.9 Å². The number of unbranched alkanes of at least 4 members (excludes halogenated alkanes) is 19. The third-order valence-electron chi connectivity index (χ3n) is 7.44. The number of carbonyl (C=O) groups is 1. The second-order valence-corrected chi connectivity index (χ2v) is 10.8. The van der Waals surface area contributed by atoms with Gasteiger partial charge in [-0.1, -0.05) is 136 Å². The fraction of sp³-hybridized carbons (Fsp3) is 0.812. The van der Waals surface area contributed by atoms with E-state index in [0.717, 1.165) is 31.5 Å². The molecule has 4 heteroatoms. The SMILES string of the molecule is CCCCCCCCCCCCCCCCCC(=O)N(CCCCCCCC)C1=CCC(=[N+]=[N-])C=C1. The third kappa shape index (κ3) is 16.9. The summed E-state index contributed by atoms with van der Waals surface area (Å²) in [6.45, 7) is 5.32. The van der Waals surface area contributed by atoms with Gasteiger partial charge in [0.2, 0.25) is 5.91 Å². The molecule has 0 aromatic rings. The minimum absolute atomic E-state index is 0.249. The van der Waals surface area contributed by atoms with Crippen LogP contribution in [0.1, 0.15) is 162 Å². The highest BCUT2D eigenvalue weighted by Gasteiger charge is 2.19. The van der Waals surface area contributed by atoms with Crippen LogP contribution in [-0.2, 0) is 4.79 Å². The summed E-state index contributed by atoms with van der Waals surface area (Å²) >= 11 is 0. The quantitative estimate of drug-likeness (QED) is 0.0740. The van der Waals surface area contributed by atoms with Crippen molar-refractivity contribution < 1.29 is 9.58 Å². The summed E-state index contributed by atoms with van der Waals surface area (Å²) in [6.07, 6.45) is 34.5. The second kappa shape index (κ2) is 23.7. The molecule has 0 fully saturated rings. The van der Waals surface area contributed by atoms with Gasteiger partial charge in [0, 0.05) is 24.7 Å². The Kier molecular flexibility index (Phi) is 21.3. The molecule has 1 rings (SSSR count). The Morgan fingerprint density at radius 3 is 1.56 bits per heavy atom. The van der Waals surface area contributed by atoms with E-state index in [2.05, 4.69) is 18.6 Å². The average Bonchev–Trinajstić information content (AvgIpc) is 2.90. The first kappa shape index (κ1) is 32.4. The maximum atomic E-state index is 13.1. The molecule has 206 valence electrons. The Hall–Kier alpha value is -1.67. The molecule has 0 aliphatic heterocycles. The van der Waals surface area contributed by atoms with Crippen molar-refractivity contribution in [3.05, 3.63) is 29.5 Å². The lowest BCUT2D eigenvalue weighted by atomic mass is 10.0. The van der Waals surface area contributed by atoms with Crippen LogP contribution >= 0.6 is 0 Å². The third-order valence-corrected chi connectivity index (χ3v) is 7.44. The lowest BCUT2D eigenvalue weighted by Crippen LogP contribution is -2.31. The van der Waals surface area contributed by atoms with Crippen molar-refractivity contribution in [1.29, 1.82) is 0 Å².